The number of aryl methyl sites for hydroxylation is 1. The molecule has 0 saturated heterocycles. The molecule has 4 rings (SSSR count). The number of ether oxygens (including phenoxy) is 1. The van der Waals surface area contributed by atoms with Crippen molar-refractivity contribution in [3.05, 3.63) is 125 Å². The molecule has 4 aromatic rings. The number of carbonyl (C=O) groups is 2. The van der Waals surface area contributed by atoms with Gasteiger partial charge in [0.1, 0.15) is 18.3 Å². The van der Waals surface area contributed by atoms with Crippen LogP contribution in [-0.2, 0) is 32.6 Å². The van der Waals surface area contributed by atoms with E-state index in [4.69, 9.17) is 16.3 Å². The van der Waals surface area contributed by atoms with Crippen molar-refractivity contribution in [1.82, 2.24) is 10.2 Å². The van der Waals surface area contributed by atoms with E-state index in [1.54, 1.807) is 36.4 Å². The van der Waals surface area contributed by atoms with Crippen LogP contribution >= 0.6 is 11.6 Å². The number of amides is 2. The number of nitrogens with zero attached hydrogens (tertiary/aromatic N) is 2. The normalized spacial score (nSPS) is 11.8. The molecule has 4 aromatic carbocycles. The number of benzene rings is 4. The molecule has 44 heavy (non-hydrogen) atoms. The number of carbonyl (C=O) groups excluding carboxylic acids is 2. The molecule has 230 valence electrons. The van der Waals surface area contributed by atoms with Crippen LogP contribution in [0.25, 0.3) is 0 Å². The number of hydrogen-bond donors (Lipinski definition) is 1. The Hall–Kier alpha value is -4.34. The molecule has 8 nitrogen and oxygen atoms in total. The van der Waals surface area contributed by atoms with Gasteiger partial charge in [0, 0.05) is 24.5 Å². The number of nitrogens with one attached hydrogen (secondary N) is 1. The van der Waals surface area contributed by atoms with Gasteiger partial charge in [0.05, 0.1) is 17.7 Å². The van der Waals surface area contributed by atoms with Crippen molar-refractivity contribution >= 4 is 39.1 Å². The minimum Gasteiger partial charge on any atom is -0.497 e. The standard InChI is InChI=1S/C34H36ClN3O5S/c1-4-36-34(40)32(22-26-10-6-5-7-11-26)37(23-27-12-8-9-25(2)21-27)33(39)24-38(29-15-13-28(35)14-16-29)44(41,42)31-19-17-30(43-3)18-20-31/h5-21,32H,4,22-24H2,1-3H3,(H,36,40). The monoisotopic (exact) mass is 633 g/mol. The first kappa shape index (κ1) is 32.6. The summed E-state index contributed by atoms with van der Waals surface area (Å²) in [5.41, 5.74) is 2.94. The zero-order chi connectivity index (χ0) is 31.7. The van der Waals surface area contributed by atoms with Gasteiger partial charge in [-0.2, -0.15) is 0 Å². The van der Waals surface area contributed by atoms with E-state index in [2.05, 4.69) is 5.32 Å². The highest BCUT2D eigenvalue weighted by Crippen LogP contribution is 2.27. The lowest BCUT2D eigenvalue weighted by molar-refractivity contribution is -0.140. The van der Waals surface area contributed by atoms with Crippen LogP contribution in [0, 0.1) is 6.92 Å². The van der Waals surface area contributed by atoms with E-state index in [1.807, 2.05) is 68.4 Å². The van der Waals surface area contributed by atoms with Crippen LogP contribution in [0.1, 0.15) is 23.6 Å². The van der Waals surface area contributed by atoms with Crippen LogP contribution in [0.15, 0.2) is 108 Å². The van der Waals surface area contributed by atoms with Crippen LogP contribution in [0.4, 0.5) is 5.69 Å². The van der Waals surface area contributed by atoms with Crippen molar-refractivity contribution in [2.24, 2.45) is 0 Å². The maximum atomic E-state index is 14.4. The molecule has 0 fully saturated rings. The fraction of sp³-hybridized carbons (Fsp3) is 0.235. The smallest absolute Gasteiger partial charge is 0.264 e. The average molecular weight is 634 g/mol. The molecule has 2 amide bonds. The molecule has 0 saturated carbocycles. The number of sulfonamides is 1. The van der Waals surface area contributed by atoms with Gasteiger partial charge in [0.15, 0.2) is 0 Å². The highest BCUT2D eigenvalue weighted by atomic mass is 35.5. The van der Waals surface area contributed by atoms with Gasteiger partial charge in [-0.15, -0.1) is 0 Å². The van der Waals surface area contributed by atoms with E-state index >= 15 is 0 Å². The van der Waals surface area contributed by atoms with Crippen LogP contribution in [-0.4, -0.2) is 51.4 Å². The first-order valence-electron chi connectivity index (χ1n) is 14.2. The predicted molar refractivity (Wildman–Crippen MR) is 173 cm³/mol. The summed E-state index contributed by atoms with van der Waals surface area (Å²) in [5.74, 6) is -0.368. The zero-order valence-corrected chi connectivity index (χ0v) is 26.5. The molecule has 0 aliphatic carbocycles. The van der Waals surface area contributed by atoms with Crippen molar-refractivity contribution in [3.8, 4) is 5.75 Å². The minimum absolute atomic E-state index is 0.0177. The number of methoxy groups -OCH3 is 1. The number of halogens is 1. The molecule has 10 heteroatoms. The van der Waals surface area contributed by atoms with Gasteiger partial charge in [0.2, 0.25) is 11.8 Å². The van der Waals surface area contributed by atoms with Gasteiger partial charge >= 0.3 is 0 Å². The predicted octanol–water partition coefficient (Wildman–Crippen LogP) is 5.63. The van der Waals surface area contributed by atoms with Crippen molar-refractivity contribution < 1.29 is 22.7 Å². The first-order chi connectivity index (χ1) is 21.1. The van der Waals surface area contributed by atoms with E-state index in [0.717, 1.165) is 21.0 Å². The minimum atomic E-state index is -4.23. The van der Waals surface area contributed by atoms with E-state index in [0.29, 0.717) is 17.3 Å². The number of rotatable bonds is 13. The Morgan fingerprint density at radius 3 is 2.16 bits per heavy atom. The number of hydrogen-bond acceptors (Lipinski definition) is 5. The SMILES string of the molecule is CCNC(=O)C(Cc1ccccc1)N(Cc1cccc(C)c1)C(=O)CN(c1ccc(Cl)cc1)S(=O)(=O)c1ccc(OC)cc1. The second-order valence-corrected chi connectivity index (χ2v) is 12.6. The average Bonchev–Trinajstić information content (AvgIpc) is 3.02. The first-order valence-corrected chi connectivity index (χ1v) is 16.0. The molecule has 1 N–H and O–H groups in total. The third-order valence-electron chi connectivity index (χ3n) is 7.10. The summed E-state index contributed by atoms with van der Waals surface area (Å²) in [4.78, 5) is 29.4. The Morgan fingerprint density at radius 2 is 1.55 bits per heavy atom. The van der Waals surface area contributed by atoms with Gasteiger partial charge in [-0.1, -0.05) is 71.8 Å². The summed E-state index contributed by atoms with van der Waals surface area (Å²) in [7, 11) is -2.74. The zero-order valence-electron chi connectivity index (χ0n) is 24.9. The van der Waals surface area contributed by atoms with Crippen molar-refractivity contribution in [3.63, 3.8) is 0 Å². The summed E-state index contributed by atoms with van der Waals surface area (Å²) >= 11 is 6.12. The van der Waals surface area contributed by atoms with Crippen LogP contribution in [0.3, 0.4) is 0 Å². The molecule has 1 unspecified atom stereocenters. The van der Waals surface area contributed by atoms with Gasteiger partial charge in [0.25, 0.3) is 10.0 Å². The molecule has 0 spiro atoms. The highest BCUT2D eigenvalue weighted by Gasteiger charge is 2.34. The van der Waals surface area contributed by atoms with Gasteiger partial charge in [-0.25, -0.2) is 8.42 Å². The molecular formula is C34H36ClN3O5S. The molecule has 1 atom stereocenters. The maximum absolute atomic E-state index is 14.4. The molecule has 0 aliphatic heterocycles. The molecule has 0 aliphatic rings. The van der Waals surface area contributed by atoms with E-state index < -0.39 is 28.5 Å². The summed E-state index contributed by atoms with van der Waals surface area (Å²) in [5, 5.41) is 3.28. The summed E-state index contributed by atoms with van der Waals surface area (Å²) in [6, 6.07) is 28.4. The Morgan fingerprint density at radius 1 is 0.886 bits per heavy atom. The Bertz CT molecular complexity index is 1660. The quantitative estimate of drug-likeness (QED) is 0.206. The number of anilines is 1. The Labute approximate surface area is 264 Å². The highest BCUT2D eigenvalue weighted by molar-refractivity contribution is 7.92. The Balaban J connectivity index is 1.79. The van der Waals surface area contributed by atoms with Crippen LogP contribution in [0.5, 0.6) is 5.75 Å². The molecule has 0 aromatic heterocycles. The fourth-order valence-corrected chi connectivity index (χ4v) is 6.40. The van der Waals surface area contributed by atoms with E-state index in [1.165, 1.54) is 24.1 Å². The largest absolute Gasteiger partial charge is 0.497 e. The van der Waals surface area contributed by atoms with Crippen molar-refractivity contribution in [1.29, 1.82) is 0 Å². The summed E-state index contributed by atoms with van der Waals surface area (Å²) in [6.45, 7) is 3.69. The molecule has 0 bridgehead atoms. The second-order valence-electron chi connectivity index (χ2n) is 10.3. The lowest BCUT2D eigenvalue weighted by atomic mass is 10.0. The van der Waals surface area contributed by atoms with Crippen LogP contribution < -0.4 is 14.4 Å². The fourth-order valence-electron chi connectivity index (χ4n) is 4.86. The maximum Gasteiger partial charge on any atom is 0.264 e. The van der Waals surface area contributed by atoms with Gasteiger partial charge in [-0.05, 0) is 73.5 Å². The van der Waals surface area contributed by atoms with Crippen molar-refractivity contribution in [2.45, 2.75) is 37.8 Å². The third kappa shape index (κ3) is 8.18. The molecule has 0 radical (unpaired) electrons. The van der Waals surface area contributed by atoms with Crippen LogP contribution in [0.2, 0.25) is 5.02 Å². The van der Waals surface area contributed by atoms with Crippen molar-refractivity contribution in [2.75, 3.05) is 24.5 Å². The van der Waals surface area contributed by atoms with Gasteiger partial charge < -0.3 is 15.0 Å². The third-order valence-corrected chi connectivity index (χ3v) is 9.14. The summed E-state index contributed by atoms with van der Waals surface area (Å²) in [6.07, 6.45) is 0.246. The lowest BCUT2D eigenvalue weighted by Gasteiger charge is -2.34. The topological polar surface area (TPSA) is 96.0 Å². The molecule has 0 heterocycles. The van der Waals surface area contributed by atoms with E-state index in [-0.39, 0.29) is 29.5 Å². The molecular weight excluding hydrogens is 598 g/mol. The van der Waals surface area contributed by atoms with E-state index in [9.17, 15) is 18.0 Å². The number of likely N-dealkylation sites (N-methyl/N-ethyl adjacent to an activating group) is 1. The summed E-state index contributed by atoms with van der Waals surface area (Å²) < 4.78 is 34.4. The lowest BCUT2D eigenvalue weighted by Crippen LogP contribution is -2.53. The second kappa shape index (κ2) is 14.9. The van der Waals surface area contributed by atoms with Gasteiger partial charge in [-0.3, -0.25) is 13.9 Å². The Kier molecular flexibility index (Phi) is 11.0.